The van der Waals surface area contributed by atoms with E-state index in [1.807, 2.05) is 0 Å². The quantitative estimate of drug-likeness (QED) is 0.602. The maximum Gasteiger partial charge on any atom is 0.183 e. The van der Waals surface area contributed by atoms with Crippen molar-refractivity contribution >= 4 is 27.5 Å². The van der Waals surface area contributed by atoms with Crippen molar-refractivity contribution in [2.24, 2.45) is 5.73 Å². The number of halogens is 2. The number of hydrogen-bond acceptors (Lipinski definition) is 1. The van der Waals surface area contributed by atoms with Gasteiger partial charge in [-0.15, -0.1) is 0 Å². The van der Waals surface area contributed by atoms with Crippen molar-refractivity contribution < 1.29 is 0 Å². The van der Waals surface area contributed by atoms with Gasteiger partial charge in [-0.05, 0) is 15.9 Å². The van der Waals surface area contributed by atoms with Crippen LogP contribution in [0.3, 0.4) is 0 Å². The zero-order chi connectivity index (χ0) is 6.85. The Morgan fingerprint density at radius 1 is 1.67 bits per heavy atom. The van der Waals surface area contributed by atoms with Gasteiger partial charge in [0.25, 0.3) is 0 Å². The monoisotopic (exact) mass is 204 g/mol. The van der Waals surface area contributed by atoms with E-state index in [9.17, 15) is 0 Å². The minimum Gasteiger partial charge on any atom is -0.376 e. The molecule has 0 saturated carbocycles. The summed E-state index contributed by atoms with van der Waals surface area (Å²) < 4.78 is 0.824. The first-order valence-electron chi connectivity index (χ1n) is 2.32. The van der Waals surface area contributed by atoms with E-state index >= 15 is 0 Å². The standard InChI is InChI=1S/C6H4BrClN/c7-4-1-2-5(8)6(9)3-4/h2-3H,9H2/q+1. The van der Waals surface area contributed by atoms with Crippen LogP contribution in [0.1, 0.15) is 0 Å². The Kier molecular flexibility index (Phi) is 1.91. The van der Waals surface area contributed by atoms with Crippen molar-refractivity contribution in [2.45, 2.75) is 0 Å². The van der Waals surface area contributed by atoms with Gasteiger partial charge in [0.2, 0.25) is 0 Å². The third-order valence-corrected chi connectivity index (χ3v) is 1.68. The van der Waals surface area contributed by atoms with Gasteiger partial charge in [0, 0.05) is 11.6 Å². The van der Waals surface area contributed by atoms with Crippen LogP contribution >= 0.6 is 27.5 Å². The summed E-state index contributed by atoms with van der Waals surface area (Å²) in [5.74, 6) is 0. The Bertz CT molecular complexity index is 215. The van der Waals surface area contributed by atoms with Crippen LogP contribution in [-0.4, -0.2) is 0 Å². The molecule has 0 unspecified atom stereocenters. The highest BCUT2D eigenvalue weighted by Crippen LogP contribution is 2.19. The summed E-state index contributed by atoms with van der Waals surface area (Å²) in [6.45, 7) is 0. The molecule has 1 nitrogen and oxygen atoms in total. The summed E-state index contributed by atoms with van der Waals surface area (Å²) in [6, 6.07) is 0. The third kappa shape index (κ3) is 1.55. The second-order valence-electron chi connectivity index (χ2n) is 1.58. The Balaban J connectivity index is 3.01. The van der Waals surface area contributed by atoms with E-state index < -0.39 is 0 Å². The second kappa shape index (κ2) is 2.53. The molecule has 1 aliphatic carbocycles. The minimum absolute atomic E-state index is 0.540. The molecule has 2 N–H and O–H groups in total. The fourth-order valence-corrected chi connectivity index (χ4v) is 0.933. The van der Waals surface area contributed by atoms with Crippen molar-refractivity contribution in [3.63, 3.8) is 0 Å². The Labute approximate surface area is 67.0 Å². The van der Waals surface area contributed by atoms with Gasteiger partial charge in [-0.3, -0.25) is 0 Å². The normalized spacial score (nSPS) is 17.3. The Morgan fingerprint density at radius 2 is 2.33 bits per heavy atom. The predicted molar refractivity (Wildman–Crippen MR) is 41.9 cm³/mol. The lowest BCUT2D eigenvalue weighted by molar-refractivity contribution is 1.38. The summed E-state index contributed by atoms with van der Waals surface area (Å²) in [7, 11) is 0. The number of allylic oxidation sites excluding steroid dienone is 5. The van der Waals surface area contributed by atoms with E-state index in [-0.39, 0.29) is 0 Å². The minimum atomic E-state index is 0.540. The number of nitrogens with two attached hydrogens (primary N) is 1. The van der Waals surface area contributed by atoms with Crippen LogP contribution in [0, 0.1) is 6.08 Å². The van der Waals surface area contributed by atoms with Crippen molar-refractivity contribution in [3.05, 3.63) is 33.4 Å². The Hall–Kier alpha value is -0.300. The molecule has 9 heavy (non-hydrogen) atoms. The molecule has 0 bridgehead atoms. The van der Waals surface area contributed by atoms with E-state index in [1.54, 1.807) is 12.2 Å². The van der Waals surface area contributed by atoms with Crippen LogP contribution in [0.5, 0.6) is 0 Å². The molecule has 0 aromatic heterocycles. The van der Waals surface area contributed by atoms with Gasteiger partial charge in [0.05, 0.1) is 12.2 Å². The molecule has 0 heterocycles. The van der Waals surface area contributed by atoms with Crippen LogP contribution in [0.4, 0.5) is 0 Å². The molecule has 0 amide bonds. The molecule has 1 aliphatic rings. The number of rotatable bonds is 0. The van der Waals surface area contributed by atoms with Gasteiger partial charge < -0.3 is 5.73 Å². The van der Waals surface area contributed by atoms with Gasteiger partial charge in [-0.2, -0.15) is 0 Å². The Morgan fingerprint density at radius 3 is 2.78 bits per heavy atom. The van der Waals surface area contributed by atoms with Gasteiger partial charge in [-0.25, -0.2) is 0 Å². The maximum absolute atomic E-state index is 5.60. The fourth-order valence-electron chi connectivity index (χ4n) is 0.463. The predicted octanol–water partition coefficient (Wildman–Crippen LogP) is 2.05. The van der Waals surface area contributed by atoms with Crippen LogP contribution in [0.2, 0.25) is 0 Å². The molecule has 0 aliphatic heterocycles. The molecular weight excluding hydrogens is 201 g/mol. The fraction of sp³-hybridized carbons (Fsp3) is 0. The van der Waals surface area contributed by atoms with Crippen molar-refractivity contribution in [1.82, 2.24) is 0 Å². The summed E-state index contributed by atoms with van der Waals surface area (Å²) in [5, 5.41) is 0.540. The van der Waals surface area contributed by atoms with E-state index in [2.05, 4.69) is 22.0 Å². The number of hydrogen-bond donors (Lipinski definition) is 1. The molecule has 0 fully saturated rings. The first-order valence-corrected chi connectivity index (χ1v) is 3.49. The SMILES string of the molecule is NC1=C(Cl)C=[C+]C(Br)=C1. The summed E-state index contributed by atoms with van der Waals surface area (Å²) >= 11 is 8.81. The lowest BCUT2D eigenvalue weighted by Gasteiger charge is -1.89. The van der Waals surface area contributed by atoms with E-state index in [0.717, 1.165) is 4.48 Å². The van der Waals surface area contributed by atoms with Crippen LogP contribution in [0.25, 0.3) is 0 Å². The van der Waals surface area contributed by atoms with Crippen LogP contribution < -0.4 is 5.73 Å². The molecule has 0 spiro atoms. The highest BCUT2D eigenvalue weighted by Gasteiger charge is 2.10. The largest absolute Gasteiger partial charge is 0.376 e. The summed E-state index contributed by atoms with van der Waals surface area (Å²) in [4.78, 5) is 0. The van der Waals surface area contributed by atoms with Crippen molar-refractivity contribution in [1.29, 1.82) is 0 Å². The third-order valence-electron chi connectivity index (χ3n) is 0.895. The van der Waals surface area contributed by atoms with Crippen molar-refractivity contribution in [3.8, 4) is 0 Å². The molecule has 0 atom stereocenters. The van der Waals surface area contributed by atoms with Gasteiger partial charge in [0.15, 0.2) is 15.2 Å². The highest BCUT2D eigenvalue weighted by molar-refractivity contribution is 9.11. The molecule has 0 aromatic rings. The lowest BCUT2D eigenvalue weighted by atomic mass is 10.2. The maximum atomic E-state index is 5.60. The smallest absolute Gasteiger partial charge is 0.183 e. The average Bonchev–Trinajstić information content (AvgIpc) is 1.80. The van der Waals surface area contributed by atoms with Crippen LogP contribution in [0.15, 0.2) is 27.4 Å². The first-order chi connectivity index (χ1) is 4.20. The first kappa shape index (κ1) is 6.81. The van der Waals surface area contributed by atoms with Gasteiger partial charge in [0.1, 0.15) is 6.08 Å². The van der Waals surface area contributed by atoms with Gasteiger partial charge >= 0.3 is 0 Å². The van der Waals surface area contributed by atoms with Gasteiger partial charge in [-0.1, -0.05) is 0 Å². The van der Waals surface area contributed by atoms with E-state index in [1.165, 1.54) is 0 Å². The average molecular weight is 205 g/mol. The van der Waals surface area contributed by atoms with Crippen LogP contribution in [-0.2, 0) is 0 Å². The molecule has 46 valence electrons. The topological polar surface area (TPSA) is 26.0 Å². The van der Waals surface area contributed by atoms with E-state index in [4.69, 9.17) is 17.3 Å². The molecule has 0 aromatic carbocycles. The summed E-state index contributed by atoms with van der Waals surface area (Å²) in [6.07, 6.45) is 6.18. The summed E-state index contributed by atoms with van der Waals surface area (Å²) in [5.41, 5.74) is 6.01. The van der Waals surface area contributed by atoms with E-state index in [0.29, 0.717) is 10.7 Å². The second-order valence-corrected chi connectivity index (χ2v) is 2.85. The molecule has 3 heteroatoms. The lowest BCUT2D eigenvalue weighted by Crippen LogP contribution is -1.97. The zero-order valence-electron chi connectivity index (χ0n) is 4.49. The molecular formula is C6H4BrClN+. The van der Waals surface area contributed by atoms with Crippen molar-refractivity contribution in [2.75, 3.05) is 0 Å². The highest BCUT2D eigenvalue weighted by atomic mass is 79.9. The molecule has 0 radical (unpaired) electrons. The molecule has 0 saturated heterocycles. The molecule has 1 rings (SSSR count). The zero-order valence-corrected chi connectivity index (χ0v) is 6.83.